The highest BCUT2D eigenvalue weighted by atomic mass is 16.6. The number of carbonyl (C=O) groups excluding carboxylic acids is 1. The van der Waals surface area contributed by atoms with E-state index in [-0.39, 0.29) is 20.0 Å². The van der Waals surface area contributed by atoms with E-state index in [1.807, 2.05) is 13.8 Å². The molecule has 0 saturated carbocycles. The van der Waals surface area contributed by atoms with Crippen molar-refractivity contribution >= 4 is 5.91 Å². The molecule has 0 aromatic rings. The fraction of sp³-hybridized carbons (Fsp3) is 0.950. The third-order valence-corrected chi connectivity index (χ3v) is 3.94. The zero-order valence-electron chi connectivity index (χ0n) is 17.8. The normalized spacial score (nSPS) is 13.5. The van der Waals surface area contributed by atoms with Gasteiger partial charge in [0.05, 0.1) is 52.4 Å². The van der Waals surface area contributed by atoms with Gasteiger partial charge in [0.25, 0.3) is 0 Å². The lowest BCUT2D eigenvalue weighted by atomic mass is 10.1. The Morgan fingerprint density at radius 3 is 2.00 bits per heavy atom. The molecular weight excluding hydrogens is 350 g/mol. The van der Waals surface area contributed by atoms with Crippen molar-refractivity contribution in [3.8, 4) is 0 Å². The van der Waals surface area contributed by atoms with Crippen molar-refractivity contribution in [3.63, 3.8) is 0 Å². The standard InChI is InChI=1S/C20H41NO6.H2/c1-5-7-18(3)16-26-15-14-25-13-12-24-11-10-23-9-8-21-20(22)17-27-19(4)6-2;/h18-19H,5-17H2,1-4H3,(H,21,22);1H. The van der Waals surface area contributed by atoms with Crippen LogP contribution in [0.25, 0.3) is 0 Å². The van der Waals surface area contributed by atoms with Crippen LogP contribution in [0.4, 0.5) is 0 Å². The first-order valence-electron chi connectivity index (χ1n) is 10.3. The molecule has 0 radical (unpaired) electrons. The minimum Gasteiger partial charge on any atom is -0.379 e. The third kappa shape index (κ3) is 19.8. The second-order valence-corrected chi connectivity index (χ2v) is 6.69. The van der Waals surface area contributed by atoms with E-state index in [1.54, 1.807) is 0 Å². The van der Waals surface area contributed by atoms with E-state index < -0.39 is 0 Å². The van der Waals surface area contributed by atoms with Crippen molar-refractivity contribution < 1.29 is 29.9 Å². The SMILES string of the molecule is CCCC(C)COCCOCCOCCOCCNC(=O)COC(C)CC.[HH]. The smallest absolute Gasteiger partial charge is 0.246 e. The minimum atomic E-state index is -0.115. The van der Waals surface area contributed by atoms with Crippen molar-refractivity contribution in [1.29, 1.82) is 0 Å². The van der Waals surface area contributed by atoms with Crippen LogP contribution < -0.4 is 5.32 Å². The van der Waals surface area contributed by atoms with E-state index in [0.29, 0.717) is 58.7 Å². The minimum absolute atomic E-state index is 0. The highest BCUT2D eigenvalue weighted by molar-refractivity contribution is 5.77. The fourth-order valence-electron chi connectivity index (χ4n) is 2.17. The Kier molecular flexibility index (Phi) is 19.5. The van der Waals surface area contributed by atoms with Crippen LogP contribution in [0.2, 0.25) is 0 Å². The molecule has 0 aliphatic heterocycles. The van der Waals surface area contributed by atoms with E-state index in [1.165, 1.54) is 12.8 Å². The molecule has 2 atom stereocenters. The van der Waals surface area contributed by atoms with Gasteiger partial charge < -0.3 is 29.0 Å². The molecule has 0 heterocycles. The molecule has 1 amide bonds. The van der Waals surface area contributed by atoms with Gasteiger partial charge in [-0.3, -0.25) is 4.79 Å². The molecule has 0 aromatic heterocycles. The summed E-state index contributed by atoms with van der Waals surface area (Å²) in [5, 5.41) is 2.75. The largest absolute Gasteiger partial charge is 0.379 e. The van der Waals surface area contributed by atoms with E-state index >= 15 is 0 Å². The molecule has 164 valence electrons. The van der Waals surface area contributed by atoms with Gasteiger partial charge in [0.1, 0.15) is 6.61 Å². The molecule has 0 bridgehead atoms. The topological polar surface area (TPSA) is 75.3 Å². The second-order valence-electron chi connectivity index (χ2n) is 6.69. The molecule has 0 aliphatic carbocycles. The lowest BCUT2D eigenvalue weighted by Crippen LogP contribution is -2.32. The summed E-state index contributed by atoms with van der Waals surface area (Å²) in [6.07, 6.45) is 3.41. The van der Waals surface area contributed by atoms with Gasteiger partial charge in [-0.05, 0) is 25.7 Å². The summed E-state index contributed by atoms with van der Waals surface area (Å²) in [6.45, 7) is 13.5. The van der Waals surface area contributed by atoms with Crippen LogP contribution >= 0.6 is 0 Å². The first-order valence-corrected chi connectivity index (χ1v) is 10.3. The number of amides is 1. The van der Waals surface area contributed by atoms with Crippen LogP contribution in [-0.4, -0.2) is 78.0 Å². The first kappa shape index (κ1) is 26.3. The van der Waals surface area contributed by atoms with Crippen molar-refractivity contribution in [2.45, 2.75) is 53.1 Å². The molecule has 0 spiro atoms. The first-order chi connectivity index (χ1) is 13.1. The van der Waals surface area contributed by atoms with Gasteiger partial charge in [-0.1, -0.05) is 27.2 Å². The highest BCUT2D eigenvalue weighted by Crippen LogP contribution is 2.04. The predicted octanol–water partition coefficient (Wildman–Crippen LogP) is 2.67. The van der Waals surface area contributed by atoms with Gasteiger partial charge in [-0.25, -0.2) is 0 Å². The maximum absolute atomic E-state index is 11.5. The van der Waals surface area contributed by atoms with Crippen LogP contribution in [0.1, 0.15) is 48.4 Å². The Hall–Kier alpha value is -0.730. The summed E-state index contributed by atoms with van der Waals surface area (Å²) in [7, 11) is 0. The summed E-state index contributed by atoms with van der Waals surface area (Å²) in [5.41, 5.74) is 0. The lowest BCUT2D eigenvalue weighted by molar-refractivity contribution is -0.127. The van der Waals surface area contributed by atoms with Gasteiger partial charge in [0.15, 0.2) is 0 Å². The van der Waals surface area contributed by atoms with Gasteiger partial charge in [0.2, 0.25) is 5.91 Å². The maximum Gasteiger partial charge on any atom is 0.246 e. The summed E-state index contributed by atoms with van der Waals surface area (Å²) in [5.74, 6) is 0.501. The van der Waals surface area contributed by atoms with Gasteiger partial charge in [0, 0.05) is 14.6 Å². The lowest BCUT2D eigenvalue weighted by Gasteiger charge is -2.11. The van der Waals surface area contributed by atoms with Crippen molar-refractivity contribution in [1.82, 2.24) is 5.32 Å². The number of rotatable bonds is 20. The van der Waals surface area contributed by atoms with Crippen LogP contribution in [0.3, 0.4) is 0 Å². The maximum atomic E-state index is 11.5. The van der Waals surface area contributed by atoms with Crippen LogP contribution in [0, 0.1) is 5.92 Å². The Labute approximate surface area is 166 Å². The summed E-state index contributed by atoms with van der Waals surface area (Å²) >= 11 is 0. The molecule has 0 rings (SSSR count). The Morgan fingerprint density at radius 1 is 0.889 bits per heavy atom. The number of nitrogens with one attached hydrogen (secondary N) is 1. The van der Waals surface area contributed by atoms with Crippen molar-refractivity contribution in [2.24, 2.45) is 5.92 Å². The molecule has 7 nitrogen and oxygen atoms in total. The molecule has 0 fully saturated rings. The number of hydrogen-bond acceptors (Lipinski definition) is 6. The van der Waals surface area contributed by atoms with Crippen LogP contribution in [-0.2, 0) is 28.5 Å². The molecule has 1 N–H and O–H groups in total. The Balaban J connectivity index is 0. The number of hydrogen-bond donors (Lipinski definition) is 1. The molecule has 7 heteroatoms. The summed E-state index contributed by atoms with van der Waals surface area (Å²) < 4.78 is 27.2. The Morgan fingerprint density at radius 2 is 1.44 bits per heavy atom. The average molecular weight is 394 g/mol. The van der Waals surface area contributed by atoms with E-state index in [2.05, 4.69) is 19.2 Å². The molecule has 0 saturated heterocycles. The number of ether oxygens (including phenoxy) is 5. The van der Waals surface area contributed by atoms with Crippen LogP contribution in [0.5, 0.6) is 0 Å². The third-order valence-electron chi connectivity index (χ3n) is 3.94. The van der Waals surface area contributed by atoms with E-state index in [4.69, 9.17) is 23.7 Å². The molecule has 27 heavy (non-hydrogen) atoms. The second kappa shape index (κ2) is 20.0. The van der Waals surface area contributed by atoms with Gasteiger partial charge in [-0.15, -0.1) is 0 Å². The highest BCUT2D eigenvalue weighted by Gasteiger charge is 2.04. The van der Waals surface area contributed by atoms with Crippen molar-refractivity contribution in [3.05, 3.63) is 0 Å². The Bertz CT molecular complexity index is 336. The number of carbonyl (C=O) groups is 1. The van der Waals surface area contributed by atoms with Gasteiger partial charge >= 0.3 is 0 Å². The summed E-state index contributed by atoms with van der Waals surface area (Å²) in [4.78, 5) is 11.5. The van der Waals surface area contributed by atoms with Gasteiger partial charge in [-0.2, -0.15) is 0 Å². The molecular formula is C20H43NO6. The quantitative estimate of drug-likeness (QED) is 0.321. The summed E-state index contributed by atoms with van der Waals surface area (Å²) in [6, 6.07) is 0. The van der Waals surface area contributed by atoms with Crippen LogP contribution in [0.15, 0.2) is 0 Å². The predicted molar refractivity (Wildman–Crippen MR) is 108 cm³/mol. The molecule has 0 aromatic carbocycles. The zero-order chi connectivity index (χ0) is 20.2. The van der Waals surface area contributed by atoms with Crippen molar-refractivity contribution in [2.75, 3.05) is 66.0 Å². The molecule has 0 aliphatic rings. The fourth-order valence-corrected chi connectivity index (χ4v) is 2.17. The average Bonchev–Trinajstić information content (AvgIpc) is 2.66. The zero-order valence-corrected chi connectivity index (χ0v) is 17.8. The monoisotopic (exact) mass is 393 g/mol. The molecule has 2 unspecified atom stereocenters. The van der Waals surface area contributed by atoms with E-state index in [0.717, 1.165) is 13.0 Å². The van der Waals surface area contributed by atoms with E-state index in [9.17, 15) is 4.79 Å².